The van der Waals surface area contributed by atoms with Crippen LogP contribution in [0, 0.1) is 11.7 Å². The van der Waals surface area contributed by atoms with Crippen molar-refractivity contribution in [2.45, 2.75) is 19.6 Å². The number of hydrogen-bond donors (Lipinski definition) is 1. The van der Waals surface area contributed by atoms with Gasteiger partial charge in [-0.05, 0) is 29.7 Å². The summed E-state index contributed by atoms with van der Waals surface area (Å²) in [5, 5.41) is 0. The second kappa shape index (κ2) is 5.26. The zero-order chi connectivity index (χ0) is 11.4. The summed E-state index contributed by atoms with van der Waals surface area (Å²) < 4.78 is 24.6. The molecule has 0 spiro atoms. The molecule has 1 rings (SSSR count). The highest BCUT2D eigenvalue weighted by atomic mass is 32.2. The number of hydrogen-bond acceptors (Lipinski definition) is 2. The number of rotatable bonds is 4. The lowest BCUT2D eigenvalue weighted by Gasteiger charge is -2.06. The van der Waals surface area contributed by atoms with E-state index in [4.69, 9.17) is 5.73 Å². The first-order chi connectivity index (χ1) is 6.97. The zero-order valence-electron chi connectivity index (χ0n) is 9.00. The van der Waals surface area contributed by atoms with E-state index < -0.39 is 10.8 Å². The van der Waals surface area contributed by atoms with Crippen LogP contribution in [0.1, 0.15) is 19.4 Å². The maximum absolute atomic E-state index is 13.0. The van der Waals surface area contributed by atoms with Crippen molar-refractivity contribution >= 4 is 16.5 Å². The summed E-state index contributed by atoms with van der Waals surface area (Å²) in [7, 11) is -0.940. The molecular weight excluding hydrogens is 213 g/mol. The lowest BCUT2D eigenvalue weighted by Crippen LogP contribution is -2.07. The molecule has 84 valence electrons. The second-order valence-corrected chi connectivity index (χ2v) is 5.54. The lowest BCUT2D eigenvalue weighted by molar-refractivity contribution is 0.627. The Hall–Kier alpha value is -0.900. The van der Waals surface area contributed by atoms with Crippen LogP contribution < -0.4 is 5.73 Å². The number of benzene rings is 1. The third-order valence-electron chi connectivity index (χ3n) is 1.83. The average Bonchev–Trinajstić information content (AvgIpc) is 1.98. The Morgan fingerprint density at radius 3 is 2.60 bits per heavy atom. The third-order valence-corrected chi connectivity index (χ3v) is 3.52. The van der Waals surface area contributed by atoms with Gasteiger partial charge in [-0.3, -0.25) is 4.21 Å². The van der Waals surface area contributed by atoms with Crippen LogP contribution in [0.5, 0.6) is 0 Å². The Morgan fingerprint density at radius 1 is 1.40 bits per heavy atom. The Labute approximate surface area is 92.1 Å². The van der Waals surface area contributed by atoms with Gasteiger partial charge in [-0.25, -0.2) is 4.39 Å². The highest BCUT2D eigenvalue weighted by Crippen LogP contribution is 2.13. The summed E-state index contributed by atoms with van der Waals surface area (Å²) in [6.45, 7) is 4.02. The van der Waals surface area contributed by atoms with Crippen molar-refractivity contribution in [3.8, 4) is 0 Å². The van der Waals surface area contributed by atoms with Gasteiger partial charge in [-0.1, -0.05) is 13.8 Å². The van der Waals surface area contributed by atoms with Gasteiger partial charge in [0.2, 0.25) is 0 Å². The first-order valence-electron chi connectivity index (χ1n) is 4.87. The molecule has 0 aliphatic heterocycles. The Kier molecular flexibility index (Phi) is 4.27. The van der Waals surface area contributed by atoms with E-state index in [0.717, 1.165) is 0 Å². The van der Waals surface area contributed by atoms with E-state index in [9.17, 15) is 8.60 Å². The van der Waals surface area contributed by atoms with Gasteiger partial charge in [0.1, 0.15) is 5.82 Å². The molecule has 0 saturated heterocycles. The first-order valence-corrected chi connectivity index (χ1v) is 6.36. The van der Waals surface area contributed by atoms with E-state index in [0.29, 0.717) is 28.7 Å². The first kappa shape index (κ1) is 12.2. The fourth-order valence-electron chi connectivity index (χ4n) is 1.38. The largest absolute Gasteiger partial charge is 0.399 e. The summed E-state index contributed by atoms with van der Waals surface area (Å²) in [6, 6.07) is 4.31. The van der Waals surface area contributed by atoms with Crippen LogP contribution in [0.2, 0.25) is 0 Å². The standard InChI is InChI=1S/C11H16FNOS/c1-8(2)6-15(14)7-9-3-10(12)5-11(13)4-9/h3-5,8H,6-7,13H2,1-2H3. The van der Waals surface area contributed by atoms with Crippen LogP contribution >= 0.6 is 0 Å². The van der Waals surface area contributed by atoms with E-state index in [1.165, 1.54) is 12.1 Å². The number of nitrogens with two attached hydrogens (primary N) is 1. The molecule has 1 aromatic carbocycles. The maximum Gasteiger partial charge on any atom is 0.125 e. The summed E-state index contributed by atoms with van der Waals surface area (Å²) >= 11 is 0. The predicted octanol–water partition coefficient (Wildman–Crippen LogP) is 2.31. The van der Waals surface area contributed by atoms with Crippen molar-refractivity contribution in [3.05, 3.63) is 29.6 Å². The molecule has 0 aliphatic carbocycles. The van der Waals surface area contributed by atoms with Gasteiger partial charge in [0, 0.05) is 28.0 Å². The number of anilines is 1. The van der Waals surface area contributed by atoms with Crippen LogP contribution in [0.25, 0.3) is 0 Å². The fraction of sp³-hybridized carbons (Fsp3) is 0.455. The molecule has 2 N–H and O–H groups in total. The minimum Gasteiger partial charge on any atom is -0.399 e. The van der Waals surface area contributed by atoms with Gasteiger partial charge in [0.05, 0.1) is 0 Å². The molecule has 0 aliphatic rings. The van der Waals surface area contributed by atoms with Crippen molar-refractivity contribution < 1.29 is 8.60 Å². The molecular formula is C11H16FNOS. The minimum atomic E-state index is -0.940. The molecule has 0 heterocycles. The molecule has 4 heteroatoms. The van der Waals surface area contributed by atoms with Gasteiger partial charge in [0.15, 0.2) is 0 Å². The highest BCUT2D eigenvalue weighted by Gasteiger charge is 2.06. The number of nitrogen functional groups attached to an aromatic ring is 1. The van der Waals surface area contributed by atoms with Crippen molar-refractivity contribution in [1.82, 2.24) is 0 Å². The Bertz CT molecular complexity index is 345. The molecule has 0 fully saturated rings. The number of halogens is 1. The molecule has 0 bridgehead atoms. The van der Waals surface area contributed by atoms with Gasteiger partial charge in [-0.15, -0.1) is 0 Å². The van der Waals surface area contributed by atoms with E-state index in [1.807, 2.05) is 13.8 Å². The molecule has 0 radical (unpaired) electrons. The van der Waals surface area contributed by atoms with Crippen molar-refractivity contribution in [1.29, 1.82) is 0 Å². The normalized spacial score (nSPS) is 13.1. The second-order valence-electron chi connectivity index (χ2n) is 4.04. The van der Waals surface area contributed by atoms with Crippen LogP contribution in [0.3, 0.4) is 0 Å². The summed E-state index contributed by atoms with van der Waals surface area (Å²) in [5.41, 5.74) is 6.58. The minimum absolute atomic E-state index is 0.369. The Balaban J connectivity index is 2.68. The predicted molar refractivity (Wildman–Crippen MR) is 62.4 cm³/mol. The van der Waals surface area contributed by atoms with Crippen LogP contribution in [0.4, 0.5) is 10.1 Å². The van der Waals surface area contributed by atoms with Crippen LogP contribution in [-0.4, -0.2) is 9.96 Å². The highest BCUT2D eigenvalue weighted by molar-refractivity contribution is 7.84. The molecule has 0 saturated carbocycles. The van der Waals surface area contributed by atoms with Gasteiger partial charge < -0.3 is 5.73 Å². The van der Waals surface area contributed by atoms with Crippen molar-refractivity contribution in [2.75, 3.05) is 11.5 Å². The molecule has 2 nitrogen and oxygen atoms in total. The quantitative estimate of drug-likeness (QED) is 0.805. The maximum atomic E-state index is 13.0. The molecule has 1 aromatic rings. The van der Waals surface area contributed by atoms with Gasteiger partial charge in [-0.2, -0.15) is 0 Å². The molecule has 0 amide bonds. The average molecular weight is 229 g/mol. The Morgan fingerprint density at radius 2 is 2.07 bits per heavy atom. The van der Waals surface area contributed by atoms with Crippen LogP contribution in [0.15, 0.2) is 18.2 Å². The zero-order valence-corrected chi connectivity index (χ0v) is 9.81. The SMILES string of the molecule is CC(C)CS(=O)Cc1cc(N)cc(F)c1. The third kappa shape index (κ3) is 4.42. The van der Waals surface area contributed by atoms with Gasteiger partial charge >= 0.3 is 0 Å². The molecule has 1 unspecified atom stereocenters. The molecule has 0 aromatic heterocycles. The monoisotopic (exact) mass is 229 g/mol. The smallest absolute Gasteiger partial charge is 0.125 e. The van der Waals surface area contributed by atoms with Gasteiger partial charge in [0.25, 0.3) is 0 Å². The summed E-state index contributed by atoms with van der Waals surface area (Å²) in [4.78, 5) is 0. The fourth-order valence-corrected chi connectivity index (χ4v) is 2.78. The molecule has 15 heavy (non-hydrogen) atoms. The lowest BCUT2D eigenvalue weighted by atomic mass is 10.2. The van der Waals surface area contributed by atoms with Crippen molar-refractivity contribution in [2.24, 2.45) is 5.92 Å². The summed E-state index contributed by atoms with van der Waals surface area (Å²) in [5.74, 6) is 1.03. The van der Waals surface area contributed by atoms with E-state index >= 15 is 0 Å². The van der Waals surface area contributed by atoms with E-state index in [-0.39, 0.29) is 5.82 Å². The van der Waals surface area contributed by atoms with E-state index in [2.05, 4.69) is 0 Å². The van der Waals surface area contributed by atoms with Crippen molar-refractivity contribution in [3.63, 3.8) is 0 Å². The van der Waals surface area contributed by atoms with E-state index in [1.54, 1.807) is 6.07 Å². The summed E-state index contributed by atoms with van der Waals surface area (Å²) in [6.07, 6.45) is 0. The topological polar surface area (TPSA) is 43.1 Å². The molecule has 1 atom stereocenters. The van der Waals surface area contributed by atoms with Crippen LogP contribution in [-0.2, 0) is 16.6 Å².